The molecule has 1 N–H and O–H groups in total. The zero-order valence-corrected chi connectivity index (χ0v) is 15.6. The molecule has 0 aliphatic carbocycles. The lowest BCUT2D eigenvalue weighted by atomic mass is 10.2. The van der Waals surface area contributed by atoms with E-state index in [4.69, 9.17) is 0 Å². The number of rotatable bonds is 8. The first-order valence-electron chi connectivity index (χ1n) is 7.88. The molecule has 1 amide bonds. The molecule has 2 nitrogen and oxygen atoms in total. The summed E-state index contributed by atoms with van der Waals surface area (Å²) >= 11 is 3.17. The fraction of sp³-hybridized carbons (Fsp3) is 0.316. The van der Waals surface area contributed by atoms with Crippen molar-refractivity contribution in [1.82, 2.24) is 5.32 Å². The Morgan fingerprint density at radius 3 is 2.58 bits per heavy atom. The molecular weight excluding hydrogens is 341 g/mol. The number of benzene rings is 2. The van der Waals surface area contributed by atoms with Crippen molar-refractivity contribution in [2.75, 3.05) is 12.3 Å². The van der Waals surface area contributed by atoms with Gasteiger partial charge in [-0.2, -0.15) is 11.8 Å². The highest BCUT2D eigenvalue weighted by molar-refractivity contribution is 8.00. The van der Waals surface area contributed by atoms with Gasteiger partial charge in [-0.25, -0.2) is 4.39 Å². The number of hydrogen-bond donors (Lipinski definition) is 1. The lowest BCUT2D eigenvalue weighted by Crippen LogP contribution is -2.32. The number of carbonyl (C=O) groups excluding carboxylic acids is 1. The van der Waals surface area contributed by atoms with Gasteiger partial charge in [0.05, 0.1) is 5.25 Å². The van der Waals surface area contributed by atoms with Crippen LogP contribution in [0.2, 0.25) is 0 Å². The largest absolute Gasteiger partial charge is 0.354 e. The molecule has 0 unspecified atom stereocenters. The van der Waals surface area contributed by atoms with Crippen LogP contribution in [-0.4, -0.2) is 23.5 Å². The van der Waals surface area contributed by atoms with Gasteiger partial charge in [-0.05, 0) is 37.6 Å². The molecule has 0 radical (unpaired) electrons. The summed E-state index contributed by atoms with van der Waals surface area (Å²) in [6, 6.07) is 15.0. The molecule has 0 saturated heterocycles. The first kappa shape index (κ1) is 18.9. The zero-order valence-electron chi connectivity index (χ0n) is 13.9. The first-order chi connectivity index (χ1) is 11.6. The third-order valence-electron chi connectivity index (χ3n) is 3.46. The van der Waals surface area contributed by atoms with E-state index >= 15 is 0 Å². The van der Waals surface area contributed by atoms with Crippen molar-refractivity contribution in [2.45, 2.75) is 29.7 Å². The van der Waals surface area contributed by atoms with Crippen LogP contribution in [0, 0.1) is 12.7 Å². The summed E-state index contributed by atoms with van der Waals surface area (Å²) in [4.78, 5) is 13.2. The molecule has 0 saturated carbocycles. The van der Waals surface area contributed by atoms with Gasteiger partial charge in [-0.1, -0.05) is 35.9 Å². The fourth-order valence-corrected chi connectivity index (χ4v) is 3.80. The highest BCUT2D eigenvalue weighted by Crippen LogP contribution is 2.23. The minimum atomic E-state index is -0.169. The monoisotopic (exact) mass is 363 g/mol. The lowest BCUT2D eigenvalue weighted by Gasteiger charge is -2.12. The van der Waals surface area contributed by atoms with Crippen molar-refractivity contribution in [3.8, 4) is 0 Å². The molecule has 0 aliphatic rings. The van der Waals surface area contributed by atoms with Gasteiger partial charge in [-0.15, -0.1) is 11.8 Å². The van der Waals surface area contributed by atoms with E-state index in [9.17, 15) is 9.18 Å². The number of thioether (sulfide) groups is 2. The van der Waals surface area contributed by atoms with Crippen LogP contribution >= 0.6 is 23.5 Å². The quantitative estimate of drug-likeness (QED) is 0.546. The Bertz CT molecular complexity index is 661. The molecule has 2 rings (SSSR count). The molecule has 1 atom stereocenters. The summed E-state index contributed by atoms with van der Waals surface area (Å²) in [7, 11) is 0. The van der Waals surface area contributed by atoms with Crippen molar-refractivity contribution in [3.63, 3.8) is 0 Å². The SMILES string of the molecule is Cc1ccc(S[C@H](C)C(=O)NCCSCc2ccccc2F)cc1. The second-order valence-corrected chi connectivity index (χ2v) is 8.03. The Kier molecular flexibility index (Phi) is 7.66. The first-order valence-corrected chi connectivity index (χ1v) is 9.92. The van der Waals surface area contributed by atoms with E-state index in [0.717, 1.165) is 10.6 Å². The van der Waals surface area contributed by atoms with Crippen LogP contribution in [0.1, 0.15) is 18.1 Å². The van der Waals surface area contributed by atoms with Gasteiger partial charge in [0.25, 0.3) is 0 Å². The highest BCUT2D eigenvalue weighted by atomic mass is 32.2. The van der Waals surface area contributed by atoms with E-state index in [2.05, 4.69) is 5.32 Å². The normalized spacial score (nSPS) is 12.0. The van der Waals surface area contributed by atoms with E-state index in [0.29, 0.717) is 17.9 Å². The molecule has 5 heteroatoms. The summed E-state index contributed by atoms with van der Waals surface area (Å²) in [6.07, 6.45) is 0. The van der Waals surface area contributed by atoms with Crippen LogP contribution in [0.4, 0.5) is 4.39 Å². The molecule has 2 aromatic carbocycles. The third-order valence-corrected chi connectivity index (χ3v) is 5.58. The van der Waals surface area contributed by atoms with Gasteiger partial charge in [0.2, 0.25) is 5.91 Å². The lowest BCUT2D eigenvalue weighted by molar-refractivity contribution is -0.120. The van der Waals surface area contributed by atoms with Crippen LogP contribution in [-0.2, 0) is 10.5 Å². The van der Waals surface area contributed by atoms with Crippen molar-refractivity contribution in [3.05, 3.63) is 65.5 Å². The van der Waals surface area contributed by atoms with Crippen LogP contribution in [0.5, 0.6) is 0 Å². The summed E-state index contributed by atoms with van der Waals surface area (Å²) in [5.41, 5.74) is 1.92. The molecule has 0 spiro atoms. The Balaban J connectivity index is 1.65. The Morgan fingerprint density at radius 1 is 1.17 bits per heavy atom. The maximum atomic E-state index is 13.5. The Hall–Kier alpha value is -1.46. The molecule has 0 heterocycles. The average Bonchev–Trinajstić information content (AvgIpc) is 2.58. The van der Waals surface area contributed by atoms with Crippen LogP contribution < -0.4 is 5.32 Å². The number of halogens is 1. The summed E-state index contributed by atoms with van der Waals surface area (Å²) in [5, 5.41) is 2.81. The maximum absolute atomic E-state index is 13.5. The predicted molar refractivity (Wildman–Crippen MR) is 102 cm³/mol. The molecule has 0 aliphatic heterocycles. The summed E-state index contributed by atoms with van der Waals surface area (Å²) < 4.78 is 13.5. The van der Waals surface area contributed by atoms with Gasteiger partial charge >= 0.3 is 0 Å². The van der Waals surface area contributed by atoms with Gasteiger partial charge < -0.3 is 5.32 Å². The van der Waals surface area contributed by atoms with Gasteiger partial charge in [0, 0.05) is 22.9 Å². The topological polar surface area (TPSA) is 29.1 Å². The minimum Gasteiger partial charge on any atom is -0.354 e. The zero-order chi connectivity index (χ0) is 17.4. The summed E-state index contributed by atoms with van der Waals surface area (Å²) in [6.45, 7) is 4.55. The van der Waals surface area contributed by atoms with Gasteiger partial charge in [0.1, 0.15) is 5.82 Å². The van der Waals surface area contributed by atoms with Crippen LogP contribution in [0.15, 0.2) is 53.4 Å². The molecule has 0 fully saturated rings. The Labute approximate surface area is 151 Å². The predicted octanol–water partition coefficient (Wildman–Crippen LogP) is 4.66. The number of amides is 1. The third kappa shape index (κ3) is 6.21. The van der Waals surface area contributed by atoms with Crippen molar-refractivity contribution in [2.24, 2.45) is 0 Å². The van der Waals surface area contributed by atoms with Gasteiger partial charge in [-0.3, -0.25) is 4.79 Å². The molecule has 2 aromatic rings. The second kappa shape index (κ2) is 9.74. The number of nitrogens with one attached hydrogen (secondary N) is 1. The van der Waals surface area contributed by atoms with E-state index in [1.807, 2.05) is 44.2 Å². The highest BCUT2D eigenvalue weighted by Gasteiger charge is 2.13. The van der Waals surface area contributed by atoms with Crippen molar-refractivity contribution >= 4 is 29.4 Å². The minimum absolute atomic E-state index is 0.0343. The van der Waals surface area contributed by atoms with Crippen LogP contribution in [0.25, 0.3) is 0 Å². The summed E-state index contributed by atoms with van der Waals surface area (Å²) in [5.74, 6) is 1.25. The van der Waals surface area contributed by atoms with E-state index in [1.165, 1.54) is 11.6 Å². The number of carbonyl (C=O) groups is 1. The average molecular weight is 364 g/mol. The van der Waals surface area contributed by atoms with E-state index in [-0.39, 0.29) is 17.0 Å². The van der Waals surface area contributed by atoms with Crippen molar-refractivity contribution in [1.29, 1.82) is 0 Å². The van der Waals surface area contributed by atoms with Crippen molar-refractivity contribution < 1.29 is 9.18 Å². The van der Waals surface area contributed by atoms with Gasteiger partial charge in [0.15, 0.2) is 0 Å². The van der Waals surface area contributed by atoms with E-state index < -0.39 is 0 Å². The second-order valence-electron chi connectivity index (χ2n) is 5.51. The number of aryl methyl sites for hydroxylation is 1. The molecular formula is C19H22FNOS2. The Morgan fingerprint density at radius 2 is 1.88 bits per heavy atom. The molecule has 0 aromatic heterocycles. The standard InChI is InChI=1S/C19H22FNOS2/c1-14-7-9-17(10-8-14)24-15(2)19(22)21-11-12-23-13-16-5-3-4-6-18(16)20/h3-10,15H,11-13H2,1-2H3,(H,21,22)/t15-/m1/s1. The maximum Gasteiger partial charge on any atom is 0.233 e. The molecule has 24 heavy (non-hydrogen) atoms. The fourth-order valence-electron chi connectivity index (χ4n) is 2.06. The van der Waals surface area contributed by atoms with E-state index in [1.54, 1.807) is 35.7 Å². The number of hydrogen-bond acceptors (Lipinski definition) is 3. The molecule has 0 bridgehead atoms. The smallest absolute Gasteiger partial charge is 0.233 e. The van der Waals surface area contributed by atoms with Crippen LogP contribution in [0.3, 0.4) is 0 Å². The molecule has 128 valence electrons.